The summed E-state index contributed by atoms with van der Waals surface area (Å²) in [5.74, 6) is 0.827. The average molecular weight is 438 g/mol. The van der Waals surface area contributed by atoms with E-state index >= 15 is 0 Å². The molecule has 1 atom stereocenters. The van der Waals surface area contributed by atoms with Crippen LogP contribution in [0.25, 0.3) is 27.6 Å². The number of anilines is 1. The number of hydrogen-bond acceptors (Lipinski definition) is 5. The lowest BCUT2D eigenvalue weighted by atomic mass is 10.1. The number of amides is 1. The van der Waals surface area contributed by atoms with E-state index in [2.05, 4.69) is 32.3 Å². The molecule has 164 valence electrons. The van der Waals surface area contributed by atoms with E-state index in [1.54, 1.807) is 18.6 Å². The number of fused-ring (bicyclic) bond motifs is 2. The van der Waals surface area contributed by atoms with Gasteiger partial charge in [0.2, 0.25) is 0 Å². The number of rotatable bonds is 4. The molecular weight excluding hydrogens is 414 g/mol. The largest absolute Gasteiger partial charge is 0.341 e. The zero-order valence-electron chi connectivity index (χ0n) is 18.2. The number of nitrogens with zero attached hydrogens (tertiary/aromatic N) is 5. The number of nitrogens with one attached hydrogen (secondary N) is 2. The van der Waals surface area contributed by atoms with Crippen LogP contribution in [0, 0.1) is 0 Å². The van der Waals surface area contributed by atoms with Crippen molar-refractivity contribution < 1.29 is 4.79 Å². The Morgan fingerprint density at radius 1 is 1.12 bits per heavy atom. The van der Waals surface area contributed by atoms with Crippen LogP contribution >= 0.6 is 0 Å². The van der Waals surface area contributed by atoms with Crippen molar-refractivity contribution in [3.63, 3.8) is 0 Å². The van der Waals surface area contributed by atoms with Crippen LogP contribution in [0.2, 0.25) is 0 Å². The van der Waals surface area contributed by atoms with Gasteiger partial charge in [-0.3, -0.25) is 14.7 Å². The quantitative estimate of drug-likeness (QED) is 0.437. The van der Waals surface area contributed by atoms with Gasteiger partial charge >= 0.3 is 0 Å². The maximum absolute atomic E-state index is 12.9. The molecule has 0 unspecified atom stereocenters. The van der Waals surface area contributed by atoms with Crippen LogP contribution in [-0.2, 0) is 0 Å². The number of aromatic nitrogens is 5. The first kappa shape index (κ1) is 19.6. The highest BCUT2D eigenvalue weighted by Crippen LogP contribution is 2.30. The summed E-state index contributed by atoms with van der Waals surface area (Å²) in [4.78, 5) is 27.5. The predicted molar refractivity (Wildman–Crippen MR) is 128 cm³/mol. The zero-order chi connectivity index (χ0) is 22.4. The SMILES string of the molecule is CN1CCC[C@@H]1c1nc2ccc(NC(=O)c3ccc4c(cnn4-c4ccncc4)c3)cc2[nH]1. The summed E-state index contributed by atoms with van der Waals surface area (Å²) in [5, 5.41) is 8.37. The molecule has 1 aliphatic rings. The van der Waals surface area contributed by atoms with E-state index in [0.29, 0.717) is 11.6 Å². The number of carbonyl (C=O) groups is 1. The fourth-order valence-corrected chi connectivity index (χ4v) is 4.59. The Labute approximate surface area is 190 Å². The van der Waals surface area contributed by atoms with Gasteiger partial charge in [-0.25, -0.2) is 9.67 Å². The second kappa shape index (κ2) is 7.83. The lowest BCUT2D eigenvalue weighted by Gasteiger charge is -2.16. The Morgan fingerprint density at radius 2 is 2.00 bits per heavy atom. The Hall–Kier alpha value is -4.04. The van der Waals surface area contributed by atoms with E-state index < -0.39 is 0 Å². The second-order valence-corrected chi connectivity index (χ2v) is 8.48. The van der Waals surface area contributed by atoms with E-state index in [-0.39, 0.29) is 5.91 Å². The molecule has 1 fully saturated rings. The van der Waals surface area contributed by atoms with Crippen LogP contribution in [0.1, 0.15) is 35.1 Å². The topological polar surface area (TPSA) is 91.7 Å². The number of benzene rings is 2. The van der Waals surface area contributed by atoms with Crippen molar-refractivity contribution in [1.82, 2.24) is 29.6 Å². The molecule has 3 aromatic heterocycles. The third kappa shape index (κ3) is 3.54. The molecule has 4 heterocycles. The summed E-state index contributed by atoms with van der Waals surface area (Å²) in [5.41, 5.74) is 5.00. The Bertz CT molecular complexity index is 1470. The van der Waals surface area contributed by atoms with Crippen molar-refractivity contribution in [3.05, 3.63) is 78.5 Å². The molecule has 0 spiro atoms. The number of imidazole rings is 1. The summed E-state index contributed by atoms with van der Waals surface area (Å²) >= 11 is 0. The predicted octanol–water partition coefficient (Wildman–Crippen LogP) is 4.32. The highest BCUT2D eigenvalue weighted by atomic mass is 16.1. The number of likely N-dealkylation sites (tertiary alicyclic amines) is 1. The molecule has 6 rings (SSSR count). The molecule has 8 nitrogen and oxygen atoms in total. The third-order valence-electron chi connectivity index (χ3n) is 6.33. The number of hydrogen-bond donors (Lipinski definition) is 2. The van der Waals surface area contributed by atoms with E-state index in [9.17, 15) is 4.79 Å². The monoisotopic (exact) mass is 437 g/mol. The van der Waals surface area contributed by atoms with Crippen molar-refractivity contribution in [3.8, 4) is 5.69 Å². The standard InChI is InChI=1S/C25H23N7O/c1-31-12-2-3-23(31)24-29-20-6-5-18(14-21(20)30-24)28-25(33)16-4-7-22-17(13-16)15-27-32(22)19-8-10-26-11-9-19/h4-11,13-15,23H,2-3,12H2,1H3,(H,28,33)(H,29,30)/t23-/m1/s1. The van der Waals surface area contributed by atoms with Crippen LogP contribution in [0.5, 0.6) is 0 Å². The van der Waals surface area contributed by atoms with Gasteiger partial charge in [-0.1, -0.05) is 0 Å². The third-order valence-corrected chi connectivity index (χ3v) is 6.33. The maximum atomic E-state index is 12.9. The number of H-pyrrole nitrogens is 1. The highest BCUT2D eigenvalue weighted by molar-refractivity contribution is 6.06. The first-order valence-corrected chi connectivity index (χ1v) is 11.1. The first-order chi connectivity index (χ1) is 16.2. The zero-order valence-corrected chi connectivity index (χ0v) is 18.2. The van der Waals surface area contributed by atoms with Gasteiger partial charge in [0.1, 0.15) is 5.82 Å². The summed E-state index contributed by atoms with van der Waals surface area (Å²) in [6.45, 7) is 1.09. The molecule has 0 radical (unpaired) electrons. The molecule has 5 aromatic rings. The molecule has 2 aromatic carbocycles. The molecule has 8 heteroatoms. The number of carbonyl (C=O) groups excluding carboxylic acids is 1. The average Bonchev–Trinajstić information content (AvgIpc) is 3.56. The smallest absolute Gasteiger partial charge is 0.255 e. The number of pyridine rings is 1. The summed E-state index contributed by atoms with van der Waals surface area (Å²) in [7, 11) is 2.13. The summed E-state index contributed by atoms with van der Waals surface area (Å²) < 4.78 is 1.84. The first-order valence-electron chi connectivity index (χ1n) is 11.1. The van der Waals surface area contributed by atoms with Crippen molar-refractivity contribution in [2.45, 2.75) is 18.9 Å². The van der Waals surface area contributed by atoms with E-state index in [1.807, 2.05) is 53.2 Å². The summed E-state index contributed by atoms with van der Waals surface area (Å²) in [6.07, 6.45) is 7.53. The lowest BCUT2D eigenvalue weighted by molar-refractivity contribution is 0.102. The molecule has 1 aliphatic heterocycles. The molecular formula is C25H23N7O. The highest BCUT2D eigenvalue weighted by Gasteiger charge is 2.25. The van der Waals surface area contributed by atoms with Crippen LogP contribution in [-0.4, -0.2) is 49.1 Å². The van der Waals surface area contributed by atoms with Gasteiger partial charge in [0.05, 0.1) is 34.5 Å². The van der Waals surface area contributed by atoms with Crippen molar-refractivity contribution >= 4 is 33.5 Å². The van der Waals surface area contributed by atoms with Gasteiger partial charge in [-0.2, -0.15) is 5.10 Å². The molecule has 2 N–H and O–H groups in total. The van der Waals surface area contributed by atoms with Crippen LogP contribution < -0.4 is 5.32 Å². The Morgan fingerprint density at radius 3 is 2.82 bits per heavy atom. The van der Waals surface area contributed by atoms with Gasteiger partial charge in [0.25, 0.3) is 5.91 Å². The van der Waals surface area contributed by atoms with Crippen molar-refractivity contribution in [2.24, 2.45) is 0 Å². The lowest BCUT2D eigenvalue weighted by Crippen LogP contribution is -2.18. The molecule has 0 aliphatic carbocycles. The molecule has 0 saturated carbocycles. The molecule has 1 saturated heterocycles. The minimum atomic E-state index is -0.164. The van der Waals surface area contributed by atoms with Crippen LogP contribution in [0.4, 0.5) is 5.69 Å². The van der Waals surface area contributed by atoms with Gasteiger partial charge < -0.3 is 10.3 Å². The minimum Gasteiger partial charge on any atom is -0.341 e. The minimum absolute atomic E-state index is 0.164. The van der Waals surface area contributed by atoms with Gasteiger partial charge in [0.15, 0.2) is 0 Å². The fourth-order valence-electron chi connectivity index (χ4n) is 4.59. The van der Waals surface area contributed by atoms with Crippen molar-refractivity contribution in [1.29, 1.82) is 0 Å². The molecule has 33 heavy (non-hydrogen) atoms. The van der Waals surface area contributed by atoms with Gasteiger partial charge in [0, 0.05) is 29.0 Å². The van der Waals surface area contributed by atoms with Gasteiger partial charge in [-0.15, -0.1) is 0 Å². The van der Waals surface area contributed by atoms with E-state index in [0.717, 1.165) is 52.1 Å². The van der Waals surface area contributed by atoms with Crippen LogP contribution in [0.3, 0.4) is 0 Å². The normalized spacial score (nSPS) is 16.6. The van der Waals surface area contributed by atoms with Crippen molar-refractivity contribution in [2.75, 3.05) is 18.9 Å². The maximum Gasteiger partial charge on any atom is 0.255 e. The van der Waals surface area contributed by atoms with Crippen LogP contribution in [0.15, 0.2) is 67.1 Å². The fraction of sp³-hybridized carbons (Fsp3) is 0.200. The van der Waals surface area contributed by atoms with E-state index in [4.69, 9.17) is 4.98 Å². The molecule has 1 amide bonds. The summed E-state index contributed by atoms with van der Waals surface area (Å²) in [6, 6.07) is 15.5. The second-order valence-electron chi connectivity index (χ2n) is 8.48. The number of aromatic amines is 1. The molecule has 0 bridgehead atoms. The Kier molecular flexibility index (Phi) is 4.66. The van der Waals surface area contributed by atoms with E-state index in [1.165, 1.54) is 6.42 Å². The Balaban J connectivity index is 1.24. The van der Waals surface area contributed by atoms with Gasteiger partial charge in [-0.05, 0) is 75.0 Å².